The molecule has 0 radical (unpaired) electrons. The number of allylic oxidation sites excluding steroid dienone is 1. The Morgan fingerprint density at radius 3 is 2.92 bits per heavy atom. The van der Waals surface area contributed by atoms with Gasteiger partial charge in [-0.2, -0.15) is 0 Å². The fourth-order valence-electron chi connectivity index (χ4n) is 1.35. The minimum absolute atomic E-state index is 0.157. The normalized spacial score (nSPS) is 25.7. The summed E-state index contributed by atoms with van der Waals surface area (Å²) in [6, 6.07) is 0.483. The van der Waals surface area contributed by atoms with E-state index in [1.807, 2.05) is 0 Å². The van der Waals surface area contributed by atoms with Crippen molar-refractivity contribution in [2.45, 2.75) is 31.4 Å². The molecule has 3 N–H and O–H groups in total. The van der Waals surface area contributed by atoms with Crippen molar-refractivity contribution in [2.24, 2.45) is 0 Å². The molecule has 1 aliphatic carbocycles. The van der Waals surface area contributed by atoms with Crippen molar-refractivity contribution >= 4 is 0 Å². The molecule has 0 amide bonds. The maximum absolute atomic E-state index is 9.06. The SMILES string of the molecule is OCC(O)CNC1CC=CCC1. The third-order valence-electron chi connectivity index (χ3n) is 2.12. The minimum atomic E-state index is -0.615. The van der Waals surface area contributed by atoms with E-state index in [9.17, 15) is 0 Å². The highest BCUT2D eigenvalue weighted by Gasteiger charge is 2.10. The number of aliphatic hydroxyl groups is 2. The lowest BCUT2D eigenvalue weighted by atomic mass is 10.0. The van der Waals surface area contributed by atoms with Crippen LogP contribution in [0.15, 0.2) is 12.2 Å². The molecule has 3 heteroatoms. The van der Waals surface area contributed by atoms with Crippen LogP contribution in [0.5, 0.6) is 0 Å². The lowest BCUT2D eigenvalue weighted by Crippen LogP contribution is -2.37. The predicted molar refractivity (Wildman–Crippen MR) is 47.9 cm³/mol. The van der Waals surface area contributed by atoms with Crippen molar-refractivity contribution < 1.29 is 10.2 Å². The molecule has 0 heterocycles. The van der Waals surface area contributed by atoms with E-state index in [0.29, 0.717) is 12.6 Å². The second kappa shape index (κ2) is 5.30. The van der Waals surface area contributed by atoms with Crippen LogP contribution >= 0.6 is 0 Å². The molecule has 0 saturated heterocycles. The summed E-state index contributed by atoms with van der Waals surface area (Å²) in [6.07, 6.45) is 7.02. The lowest BCUT2D eigenvalue weighted by molar-refractivity contribution is 0.0915. The summed E-state index contributed by atoms with van der Waals surface area (Å²) in [5, 5.41) is 20.8. The largest absolute Gasteiger partial charge is 0.394 e. The van der Waals surface area contributed by atoms with Crippen LogP contribution in [0.1, 0.15) is 19.3 Å². The van der Waals surface area contributed by atoms with E-state index < -0.39 is 6.10 Å². The molecule has 12 heavy (non-hydrogen) atoms. The van der Waals surface area contributed by atoms with Crippen molar-refractivity contribution in [3.8, 4) is 0 Å². The molecule has 0 saturated carbocycles. The first-order chi connectivity index (χ1) is 5.83. The van der Waals surface area contributed by atoms with Crippen LogP contribution in [0.4, 0.5) is 0 Å². The van der Waals surface area contributed by atoms with Gasteiger partial charge in [-0.3, -0.25) is 0 Å². The first kappa shape index (κ1) is 9.71. The number of hydrogen-bond donors (Lipinski definition) is 3. The molecule has 0 spiro atoms. The Bertz CT molecular complexity index is 147. The van der Waals surface area contributed by atoms with Gasteiger partial charge in [0.05, 0.1) is 12.7 Å². The predicted octanol–water partition coefficient (Wildman–Crippen LogP) is 0.0379. The zero-order valence-corrected chi connectivity index (χ0v) is 7.24. The Kier molecular flexibility index (Phi) is 4.29. The molecule has 3 nitrogen and oxygen atoms in total. The van der Waals surface area contributed by atoms with E-state index >= 15 is 0 Å². The van der Waals surface area contributed by atoms with Gasteiger partial charge in [-0.1, -0.05) is 12.2 Å². The van der Waals surface area contributed by atoms with Crippen LogP contribution in [0.3, 0.4) is 0 Å². The van der Waals surface area contributed by atoms with Crippen LogP contribution in [0, 0.1) is 0 Å². The molecular weight excluding hydrogens is 154 g/mol. The molecule has 70 valence electrons. The number of nitrogens with one attached hydrogen (secondary N) is 1. The van der Waals surface area contributed by atoms with Crippen molar-refractivity contribution in [3.63, 3.8) is 0 Å². The number of hydrogen-bond acceptors (Lipinski definition) is 3. The minimum Gasteiger partial charge on any atom is -0.394 e. The molecule has 1 rings (SSSR count). The van der Waals surface area contributed by atoms with Gasteiger partial charge in [0.25, 0.3) is 0 Å². The average molecular weight is 171 g/mol. The third kappa shape index (κ3) is 3.34. The first-order valence-electron chi connectivity index (χ1n) is 4.50. The van der Waals surface area contributed by atoms with E-state index in [2.05, 4.69) is 17.5 Å². The molecule has 0 fully saturated rings. The molecule has 0 bridgehead atoms. The third-order valence-corrected chi connectivity index (χ3v) is 2.12. The maximum Gasteiger partial charge on any atom is 0.0895 e. The van der Waals surface area contributed by atoms with Crippen molar-refractivity contribution in [1.82, 2.24) is 5.32 Å². The monoisotopic (exact) mass is 171 g/mol. The maximum atomic E-state index is 9.06. The first-order valence-corrected chi connectivity index (χ1v) is 4.50. The van der Waals surface area contributed by atoms with Crippen LogP contribution in [-0.4, -0.2) is 35.5 Å². The molecule has 0 aliphatic heterocycles. The summed E-state index contributed by atoms with van der Waals surface area (Å²) < 4.78 is 0. The zero-order chi connectivity index (χ0) is 8.81. The highest BCUT2D eigenvalue weighted by atomic mass is 16.3. The quantitative estimate of drug-likeness (QED) is 0.523. The van der Waals surface area contributed by atoms with Crippen LogP contribution in [-0.2, 0) is 0 Å². The van der Waals surface area contributed by atoms with Gasteiger partial charge >= 0.3 is 0 Å². The summed E-state index contributed by atoms with van der Waals surface area (Å²) in [7, 11) is 0. The van der Waals surface area contributed by atoms with Gasteiger partial charge in [-0.25, -0.2) is 0 Å². The van der Waals surface area contributed by atoms with E-state index in [-0.39, 0.29) is 6.61 Å². The van der Waals surface area contributed by atoms with E-state index in [0.717, 1.165) is 19.3 Å². The highest BCUT2D eigenvalue weighted by Crippen LogP contribution is 2.09. The van der Waals surface area contributed by atoms with Gasteiger partial charge in [0.1, 0.15) is 0 Å². The molecule has 0 aromatic rings. The van der Waals surface area contributed by atoms with Crippen molar-refractivity contribution in [3.05, 3.63) is 12.2 Å². The van der Waals surface area contributed by atoms with Gasteiger partial charge in [0.15, 0.2) is 0 Å². The van der Waals surface area contributed by atoms with Gasteiger partial charge in [0, 0.05) is 12.6 Å². The standard InChI is InChI=1S/C9H17NO2/c11-7-9(12)6-10-8-4-2-1-3-5-8/h1-2,8-12H,3-7H2. The van der Waals surface area contributed by atoms with E-state index in [1.54, 1.807) is 0 Å². The zero-order valence-electron chi connectivity index (χ0n) is 7.24. The van der Waals surface area contributed by atoms with Crippen molar-refractivity contribution in [1.29, 1.82) is 0 Å². The van der Waals surface area contributed by atoms with Gasteiger partial charge in [-0.15, -0.1) is 0 Å². The number of rotatable bonds is 4. The molecular formula is C9H17NO2. The summed E-state index contributed by atoms with van der Waals surface area (Å²) in [6.45, 7) is 0.338. The molecule has 0 aromatic heterocycles. The Morgan fingerprint density at radius 1 is 1.50 bits per heavy atom. The molecule has 2 atom stereocenters. The Morgan fingerprint density at radius 2 is 2.33 bits per heavy atom. The fraction of sp³-hybridized carbons (Fsp3) is 0.778. The fourth-order valence-corrected chi connectivity index (χ4v) is 1.35. The second-order valence-electron chi connectivity index (χ2n) is 3.23. The van der Waals surface area contributed by atoms with Crippen LogP contribution < -0.4 is 5.32 Å². The van der Waals surface area contributed by atoms with Crippen LogP contribution in [0.25, 0.3) is 0 Å². The highest BCUT2D eigenvalue weighted by molar-refractivity contribution is 4.93. The number of aliphatic hydroxyl groups excluding tert-OH is 2. The molecule has 2 unspecified atom stereocenters. The van der Waals surface area contributed by atoms with Gasteiger partial charge in [0.2, 0.25) is 0 Å². The van der Waals surface area contributed by atoms with E-state index in [1.165, 1.54) is 0 Å². The Hall–Kier alpha value is -0.380. The summed E-state index contributed by atoms with van der Waals surface area (Å²) in [4.78, 5) is 0. The topological polar surface area (TPSA) is 52.5 Å². The van der Waals surface area contributed by atoms with Crippen molar-refractivity contribution in [2.75, 3.05) is 13.2 Å². The summed E-state index contributed by atoms with van der Waals surface area (Å²) >= 11 is 0. The van der Waals surface area contributed by atoms with Gasteiger partial charge in [-0.05, 0) is 19.3 Å². The summed E-state index contributed by atoms with van der Waals surface area (Å²) in [5.41, 5.74) is 0. The lowest BCUT2D eigenvalue weighted by Gasteiger charge is -2.20. The van der Waals surface area contributed by atoms with E-state index in [4.69, 9.17) is 10.2 Å². The molecule has 0 aromatic carbocycles. The Labute approximate surface area is 73.1 Å². The molecule has 1 aliphatic rings. The Balaban J connectivity index is 2.10. The smallest absolute Gasteiger partial charge is 0.0895 e. The van der Waals surface area contributed by atoms with Crippen LogP contribution in [0.2, 0.25) is 0 Å². The second-order valence-corrected chi connectivity index (χ2v) is 3.23. The van der Waals surface area contributed by atoms with Gasteiger partial charge < -0.3 is 15.5 Å². The average Bonchev–Trinajstić information content (AvgIpc) is 2.16. The summed E-state index contributed by atoms with van der Waals surface area (Å²) in [5.74, 6) is 0.